The summed E-state index contributed by atoms with van der Waals surface area (Å²) in [5, 5.41) is 3.52. The third-order valence-electron chi connectivity index (χ3n) is 3.07. The van der Waals surface area contributed by atoms with Crippen LogP contribution in [0.4, 0.5) is 0 Å². The Kier molecular flexibility index (Phi) is 5.47. The Balaban J connectivity index is 1.87. The van der Waals surface area contributed by atoms with E-state index in [4.69, 9.17) is 9.47 Å². The Morgan fingerprint density at radius 3 is 2.65 bits per heavy atom. The largest absolute Gasteiger partial charge is 0.490 e. The smallest absolute Gasteiger partial charge is 0.138 e. The monoisotopic (exact) mass is 341 g/mol. The molecule has 112 valence electrons. The highest BCUT2D eigenvalue weighted by Crippen LogP contribution is 2.30. The molecular weight excluding hydrogens is 318 g/mol. The van der Waals surface area contributed by atoms with Gasteiger partial charge in [0, 0.05) is 18.2 Å². The Morgan fingerprint density at radius 1 is 1.25 bits per heavy atom. The summed E-state index contributed by atoms with van der Waals surface area (Å²) in [5.74, 6) is 0.929. The molecule has 0 radical (unpaired) electrons. The van der Waals surface area contributed by atoms with Crippen LogP contribution >= 0.6 is 15.9 Å². The molecule has 1 aliphatic rings. The lowest BCUT2D eigenvalue weighted by Crippen LogP contribution is -2.23. The van der Waals surface area contributed by atoms with E-state index >= 15 is 0 Å². The number of hydrogen-bond donors (Lipinski definition) is 1. The van der Waals surface area contributed by atoms with Gasteiger partial charge in [-0.25, -0.2) is 0 Å². The van der Waals surface area contributed by atoms with Crippen LogP contribution in [-0.4, -0.2) is 24.9 Å². The number of nitrogens with one attached hydrogen (secondary N) is 1. The first-order valence-electron chi connectivity index (χ1n) is 7.23. The number of benzene rings is 1. The van der Waals surface area contributed by atoms with Crippen molar-refractivity contribution in [3.63, 3.8) is 0 Å². The molecule has 0 atom stereocenters. The Bertz CT molecular complexity index is 439. The van der Waals surface area contributed by atoms with Gasteiger partial charge in [-0.2, -0.15) is 0 Å². The van der Waals surface area contributed by atoms with E-state index in [0.29, 0.717) is 19.3 Å². The maximum atomic E-state index is 5.90. The van der Waals surface area contributed by atoms with E-state index in [1.165, 1.54) is 18.4 Å². The third-order valence-corrected chi connectivity index (χ3v) is 3.70. The Hall–Kier alpha value is -0.580. The normalized spacial score (nSPS) is 15.4. The number of para-hydroxylation sites is 1. The molecule has 2 rings (SSSR count). The van der Waals surface area contributed by atoms with Crippen LogP contribution in [0.15, 0.2) is 22.7 Å². The molecule has 0 amide bonds. The molecule has 0 spiro atoms. The summed E-state index contributed by atoms with van der Waals surface area (Å²) in [4.78, 5) is 0. The highest BCUT2D eigenvalue weighted by Gasteiger charge is 2.21. The van der Waals surface area contributed by atoms with Crippen molar-refractivity contribution in [2.75, 3.05) is 13.2 Å². The molecule has 1 aromatic carbocycles. The van der Waals surface area contributed by atoms with Crippen molar-refractivity contribution >= 4 is 15.9 Å². The van der Waals surface area contributed by atoms with Gasteiger partial charge in [-0.15, -0.1) is 0 Å². The van der Waals surface area contributed by atoms with E-state index in [1.54, 1.807) is 0 Å². The lowest BCUT2D eigenvalue weighted by atomic mass is 10.2. The summed E-state index contributed by atoms with van der Waals surface area (Å²) in [6.45, 7) is 8.18. The maximum absolute atomic E-state index is 5.90. The first-order chi connectivity index (χ1) is 9.46. The average molecular weight is 342 g/mol. The molecule has 20 heavy (non-hydrogen) atoms. The second-order valence-corrected chi connectivity index (χ2v) is 7.05. The molecule has 0 aliphatic heterocycles. The van der Waals surface area contributed by atoms with Crippen molar-refractivity contribution in [2.24, 2.45) is 0 Å². The highest BCUT2D eigenvalue weighted by molar-refractivity contribution is 9.10. The fraction of sp³-hybridized carbons (Fsp3) is 0.625. The van der Waals surface area contributed by atoms with E-state index in [9.17, 15) is 0 Å². The number of rotatable bonds is 7. The minimum absolute atomic E-state index is 0.117. The van der Waals surface area contributed by atoms with E-state index in [0.717, 1.165) is 16.8 Å². The third kappa shape index (κ3) is 5.43. The van der Waals surface area contributed by atoms with Gasteiger partial charge in [0.1, 0.15) is 12.4 Å². The van der Waals surface area contributed by atoms with Gasteiger partial charge >= 0.3 is 0 Å². The van der Waals surface area contributed by atoms with Crippen molar-refractivity contribution < 1.29 is 9.47 Å². The van der Waals surface area contributed by atoms with Gasteiger partial charge < -0.3 is 14.8 Å². The van der Waals surface area contributed by atoms with Crippen LogP contribution < -0.4 is 10.1 Å². The number of hydrogen-bond acceptors (Lipinski definition) is 3. The van der Waals surface area contributed by atoms with Crippen molar-refractivity contribution in [2.45, 2.75) is 51.8 Å². The van der Waals surface area contributed by atoms with E-state index in [-0.39, 0.29) is 5.60 Å². The summed E-state index contributed by atoms with van der Waals surface area (Å²) in [6.07, 6.45) is 2.59. The highest BCUT2D eigenvalue weighted by atomic mass is 79.9. The van der Waals surface area contributed by atoms with Crippen molar-refractivity contribution in [3.05, 3.63) is 28.2 Å². The number of halogens is 1. The minimum Gasteiger partial charge on any atom is -0.490 e. The molecule has 0 saturated heterocycles. The van der Waals surface area contributed by atoms with Gasteiger partial charge in [0.2, 0.25) is 0 Å². The summed E-state index contributed by atoms with van der Waals surface area (Å²) >= 11 is 3.57. The summed E-state index contributed by atoms with van der Waals surface area (Å²) in [7, 11) is 0. The molecule has 1 aromatic rings. The molecular formula is C16H24BrNO2. The summed E-state index contributed by atoms with van der Waals surface area (Å²) in [6, 6.07) is 6.87. The number of ether oxygens (including phenoxy) is 2. The zero-order valence-electron chi connectivity index (χ0n) is 12.5. The average Bonchev–Trinajstić information content (AvgIpc) is 3.17. The van der Waals surface area contributed by atoms with Crippen LogP contribution in [0.25, 0.3) is 0 Å². The van der Waals surface area contributed by atoms with E-state index in [2.05, 4.69) is 48.1 Å². The van der Waals surface area contributed by atoms with Crippen LogP contribution in [0.1, 0.15) is 39.2 Å². The zero-order chi connectivity index (χ0) is 14.6. The molecule has 1 aliphatic carbocycles. The molecule has 1 saturated carbocycles. The summed E-state index contributed by atoms with van der Waals surface area (Å²) in [5.41, 5.74) is 1.08. The quantitative estimate of drug-likeness (QED) is 0.763. The van der Waals surface area contributed by atoms with E-state index in [1.807, 2.05) is 12.1 Å². The van der Waals surface area contributed by atoms with Crippen LogP contribution in [0.5, 0.6) is 5.75 Å². The Morgan fingerprint density at radius 2 is 2.00 bits per heavy atom. The minimum atomic E-state index is -0.117. The van der Waals surface area contributed by atoms with Gasteiger partial charge in [0.25, 0.3) is 0 Å². The molecule has 0 heterocycles. The van der Waals surface area contributed by atoms with Crippen LogP contribution in [0.2, 0.25) is 0 Å². The molecule has 3 nitrogen and oxygen atoms in total. The molecule has 1 N–H and O–H groups in total. The van der Waals surface area contributed by atoms with Gasteiger partial charge in [0.15, 0.2) is 0 Å². The van der Waals surface area contributed by atoms with Gasteiger partial charge in [0.05, 0.1) is 16.7 Å². The molecule has 4 heteroatoms. The molecule has 0 aromatic heterocycles. The molecule has 1 fully saturated rings. The lowest BCUT2D eigenvalue weighted by Gasteiger charge is -2.20. The van der Waals surface area contributed by atoms with Crippen molar-refractivity contribution in [3.8, 4) is 5.75 Å². The van der Waals surface area contributed by atoms with Crippen molar-refractivity contribution in [1.29, 1.82) is 0 Å². The Labute approximate surface area is 130 Å². The second-order valence-electron chi connectivity index (χ2n) is 6.19. The second kappa shape index (κ2) is 6.92. The van der Waals surface area contributed by atoms with Gasteiger partial charge in [-0.1, -0.05) is 12.1 Å². The topological polar surface area (TPSA) is 30.5 Å². The van der Waals surface area contributed by atoms with Gasteiger partial charge in [-0.05, 0) is 55.6 Å². The van der Waals surface area contributed by atoms with E-state index < -0.39 is 0 Å². The molecule has 0 unspecified atom stereocenters. The zero-order valence-corrected chi connectivity index (χ0v) is 14.1. The fourth-order valence-corrected chi connectivity index (χ4v) is 2.41. The van der Waals surface area contributed by atoms with Crippen LogP contribution in [0, 0.1) is 0 Å². The molecule has 0 bridgehead atoms. The fourth-order valence-electron chi connectivity index (χ4n) is 1.89. The maximum Gasteiger partial charge on any atom is 0.138 e. The first-order valence-corrected chi connectivity index (χ1v) is 8.02. The van der Waals surface area contributed by atoms with Gasteiger partial charge in [-0.3, -0.25) is 0 Å². The van der Waals surface area contributed by atoms with Crippen molar-refractivity contribution in [1.82, 2.24) is 5.32 Å². The lowest BCUT2D eigenvalue weighted by molar-refractivity contribution is -0.0164. The van der Waals surface area contributed by atoms with Crippen LogP contribution in [-0.2, 0) is 11.3 Å². The standard InChI is InChI=1S/C16H24BrNO2/c1-16(2,3)20-10-9-19-15-12(5-4-6-14(15)17)11-18-13-7-8-13/h4-6,13,18H,7-11H2,1-3H3. The SMILES string of the molecule is CC(C)(C)OCCOc1c(Br)cccc1CNC1CC1. The predicted octanol–water partition coefficient (Wildman–Crippen LogP) is 3.90. The predicted molar refractivity (Wildman–Crippen MR) is 85.2 cm³/mol. The summed E-state index contributed by atoms with van der Waals surface area (Å²) < 4.78 is 12.6. The first kappa shape index (κ1) is 15.8. The van der Waals surface area contributed by atoms with Crippen LogP contribution in [0.3, 0.4) is 0 Å².